The zero-order valence-corrected chi connectivity index (χ0v) is 13.9. The zero-order chi connectivity index (χ0) is 14.6. The number of rotatable bonds is 6. The topological polar surface area (TPSA) is 9.23 Å². The fourth-order valence-electron chi connectivity index (χ4n) is 1.85. The van der Waals surface area contributed by atoms with E-state index in [-0.39, 0.29) is 5.60 Å². The van der Waals surface area contributed by atoms with Crippen LogP contribution >= 0.6 is 15.9 Å². The molecule has 0 aliphatic carbocycles. The molecule has 2 heteroatoms. The highest BCUT2D eigenvalue weighted by Gasteiger charge is 2.20. The minimum atomic E-state index is -0.372. The average molecular weight is 323 g/mol. The summed E-state index contributed by atoms with van der Waals surface area (Å²) in [6, 6.07) is 4.24. The Morgan fingerprint density at radius 2 is 2.00 bits per heavy atom. The maximum absolute atomic E-state index is 6.11. The summed E-state index contributed by atoms with van der Waals surface area (Å²) < 4.78 is 7.23. The molecule has 1 atom stereocenters. The highest BCUT2D eigenvalue weighted by atomic mass is 79.9. The predicted molar refractivity (Wildman–Crippen MR) is 87.0 cm³/mol. The van der Waals surface area contributed by atoms with Crippen LogP contribution in [0, 0.1) is 6.92 Å². The molecule has 19 heavy (non-hydrogen) atoms. The van der Waals surface area contributed by atoms with E-state index < -0.39 is 0 Å². The second-order valence-corrected chi connectivity index (χ2v) is 6.33. The summed E-state index contributed by atoms with van der Waals surface area (Å²) in [6.07, 6.45) is 4.70. The van der Waals surface area contributed by atoms with Crippen molar-refractivity contribution >= 4 is 15.9 Å². The molecule has 0 aromatic heterocycles. The molecule has 0 fully saturated rings. The van der Waals surface area contributed by atoms with E-state index in [9.17, 15) is 0 Å². The number of hydrogen-bond acceptors (Lipinski definition) is 1. The molecule has 0 aliphatic rings. The molecule has 0 amide bonds. The van der Waals surface area contributed by atoms with E-state index in [0.29, 0.717) is 5.92 Å². The summed E-state index contributed by atoms with van der Waals surface area (Å²) in [6.45, 7) is 15.9. The normalized spacial score (nSPS) is 12.9. The minimum absolute atomic E-state index is 0.372. The monoisotopic (exact) mass is 322 g/mol. The third-order valence-corrected chi connectivity index (χ3v) is 4.06. The second kappa shape index (κ2) is 6.42. The van der Waals surface area contributed by atoms with E-state index in [1.807, 2.05) is 26.0 Å². The number of halogens is 1. The number of aryl methyl sites for hydroxylation is 1. The fraction of sp³-hybridized carbons (Fsp3) is 0.412. The Kier molecular flexibility index (Phi) is 5.42. The largest absolute Gasteiger partial charge is 0.484 e. The first-order valence-corrected chi connectivity index (χ1v) is 7.33. The molecule has 0 N–H and O–H groups in total. The summed E-state index contributed by atoms with van der Waals surface area (Å²) >= 11 is 3.59. The molecule has 0 unspecified atom stereocenters. The van der Waals surface area contributed by atoms with Gasteiger partial charge in [0.15, 0.2) is 0 Å². The van der Waals surface area contributed by atoms with E-state index in [4.69, 9.17) is 4.74 Å². The Morgan fingerprint density at radius 3 is 2.53 bits per heavy atom. The third kappa shape index (κ3) is 4.24. The lowest BCUT2D eigenvalue weighted by Gasteiger charge is -2.26. The maximum Gasteiger partial charge on any atom is 0.124 e. The lowest BCUT2D eigenvalue weighted by molar-refractivity contribution is 0.160. The molecule has 0 saturated heterocycles. The van der Waals surface area contributed by atoms with Gasteiger partial charge in [-0.05, 0) is 62.4 Å². The van der Waals surface area contributed by atoms with Crippen LogP contribution in [0.15, 0.2) is 41.9 Å². The van der Waals surface area contributed by atoms with Gasteiger partial charge in [0, 0.05) is 4.47 Å². The van der Waals surface area contributed by atoms with Gasteiger partial charge in [0.05, 0.1) is 0 Å². The minimum Gasteiger partial charge on any atom is -0.484 e. The molecule has 0 radical (unpaired) electrons. The Hall–Kier alpha value is -1.02. The molecule has 0 aliphatic heterocycles. The van der Waals surface area contributed by atoms with Crippen molar-refractivity contribution in [3.8, 4) is 5.75 Å². The van der Waals surface area contributed by atoms with Crippen LogP contribution in [-0.2, 0) is 0 Å². The van der Waals surface area contributed by atoms with Crippen LogP contribution in [-0.4, -0.2) is 5.60 Å². The number of allylic oxidation sites excluding steroid dienone is 1. The molecule has 0 heterocycles. The summed E-state index contributed by atoms with van der Waals surface area (Å²) in [5, 5.41) is 0. The van der Waals surface area contributed by atoms with Gasteiger partial charge in [-0.25, -0.2) is 0 Å². The van der Waals surface area contributed by atoms with Crippen molar-refractivity contribution in [1.29, 1.82) is 0 Å². The van der Waals surface area contributed by atoms with Gasteiger partial charge in [-0.1, -0.05) is 35.5 Å². The van der Waals surface area contributed by atoms with Gasteiger partial charge < -0.3 is 4.74 Å². The van der Waals surface area contributed by atoms with Crippen molar-refractivity contribution in [2.24, 2.45) is 0 Å². The van der Waals surface area contributed by atoms with E-state index in [2.05, 4.69) is 55.1 Å². The Labute approximate surface area is 125 Å². The van der Waals surface area contributed by atoms with Crippen molar-refractivity contribution in [2.75, 3.05) is 0 Å². The summed E-state index contributed by atoms with van der Waals surface area (Å²) in [5.74, 6) is 1.31. The molecule has 0 spiro atoms. The first-order chi connectivity index (χ1) is 8.80. The molecule has 1 nitrogen and oxygen atoms in total. The fourth-order valence-corrected chi connectivity index (χ4v) is 2.21. The van der Waals surface area contributed by atoms with Gasteiger partial charge in [-0.2, -0.15) is 0 Å². The average Bonchev–Trinajstić information content (AvgIpc) is 2.33. The molecule has 0 bridgehead atoms. The van der Waals surface area contributed by atoms with Crippen molar-refractivity contribution in [3.63, 3.8) is 0 Å². The van der Waals surface area contributed by atoms with Crippen LogP contribution in [0.5, 0.6) is 5.75 Å². The van der Waals surface area contributed by atoms with Crippen LogP contribution in [0.3, 0.4) is 0 Å². The quantitative estimate of drug-likeness (QED) is 0.603. The van der Waals surface area contributed by atoms with Crippen molar-refractivity contribution in [1.82, 2.24) is 0 Å². The first kappa shape index (κ1) is 16.0. The van der Waals surface area contributed by atoms with Gasteiger partial charge in [0.25, 0.3) is 0 Å². The Morgan fingerprint density at radius 1 is 1.37 bits per heavy atom. The molecular formula is C17H23BrO. The van der Waals surface area contributed by atoms with Gasteiger partial charge >= 0.3 is 0 Å². The second-order valence-electron chi connectivity index (χ2n) is 5.47. The van der Waals surface area contributed by atoms with Crippen molar-refractivity contribution in [2.45, 2.75) is 45.6 Å². The van der Waals surface area contributed by atoms with Gasteiger partial charge in [0.1, 0.15) is 11.4 Å². The lowest BCUT2D eigenvalue weighted by Crippen LogP contribution is -2.25. The summed E-state index contributed by atoms with van der Waals surface area (Å²) in [4.78, 5) is 0. The van der Waals surface area contributed by atoms with E-state index in [1.54, 1.807) is 0 Å². The van der Waals surface area contributed by atoms with Gasteiger partial charge in [0.2, 0.25) is 0 Å². The molecular weight excluding hydrogens is 300 g/mol. The van der Waals surface area contributed by atoms with E-state index >= 15 is 0 Å². The predicted octanol–water partition coefficient (Wildman–Crippen LogP) is 5.78. The third-order valence-electron chi connectivity index (χ3n) is 3.21. The van der Waals surface area contributed by atoms with Crippen LogP contribution < -0.4 is 4.74 Å². The van der Waals surface area contributed by atoms with E-state index in [1.165, 1.54) is 11.1 Å². The molecule has 1 aromatic rings. The van der Waals surface area contributed by atoms with Crippen molar-refractivity contribution < 1.29 is 4.74 Å². The lowest BCUT2D eigenvalue weighted by atomic mass is 9.95. The van der Waals surface area contributed by atoms with Crippen LogP contribution in [0.4, 0.5) is 0 Å². The Bertz CT molecular complexity index is 474. The van der Waals surface area contributed by atoms with Crippen LogP contribution in [0.1, 0.15) is 44.2 Å². The summed E-state index contributed by atoms with van der Waals surface area (Å²) in [7, 11) is 0. The van der Waals surface area contributed by atoms with Crippen LogP contribution in [0.25, 0.3) is 0 Å². The smallest absolute Gasteiger partial charge is 0.124 e. The number of ether oxygens (including phenoxy) is 1. The maximum atomic E-state index is 6.11. The standard InChI is InChI=1S/C17H23BrO/c1-7-9-12(3)14-11-15(18)13(4)10-16(14)19-17(5,6)8-2/h7-8,10-12H,1-2,9H2,3-6H3/t12-/m1/s1. The SMILES string of the molecule is C=CC[C@@H](C)c1cc(Br)c(C)cc1OC(C)(C)C=C. The first-order valence-electron chi connectivity index (χ1n) is 6.54. The zero-order valence-electron chi connectivity index (χ0n) is 12.3. The highest BCUT2D eigenvalue weighted by molar-refractivity contribution is 9.10. The molecule has 1 rings (SSSR count). The molecule has 1 aromatic carbocycles. The van der Waals surface area contributed by atoms with Gasteiger partial charge in [-0.3, -0.25) is 0 Å². The van der Waals surface area contributed by atoms with Crippen LogP contribution in [0.2, 0.25) is 0 Å². The van der Waals surface area contributed by atoms with E-state index in [0.717, 1.165) is 16.6 Å². The van der Waals surface area contributed by atoms with Gasteiger partial charge in [-0.15, -0.1) is 6.58 Å². The molecule has 104 valence electrons. The highest BCUT2D eigenvalue weighted by Crippen LogP contribution is 2.35. The summed E-state index contributed by atoms with van der Waals surface area (Å²) in [5.41, 5.74) is 2.00. The number of hydrogen-bond donors (Lipinski definition) is 0. The molecule has 0 saturated carbocycles. The van der Waals surface area contributed by atoms with Crippen molar-refractivity contribution in [3.05, 3.63) is 53.0 Å². The number of benzene rings is 1. The Balaban J connectivity index is 3.23.